The second kappa shape index (κ2) is 4.61. The summed E-state index contributed by atoms with van der Waals surface area (Å²) in [7, 11) is 0. The third-order valence-corrected chi connectivity index (χ3v) is 2.78. The maximum absolute atomic E-state index is 7.31. The van der Waals surface area contributed by atoms with Crippen LogP contribution in [0.5, 0.6) is 0 Å². The van der Waals surface area contributed by atoms with Gasteiger partial charge in [-0.05, 0) is 25.8 Å². The van der Waals surface area contributed by atoms with Crippen LogP contribution in [0.2, 0.25) is 0 Å². The molecule has 0 heterocycles. The third kappa shape index (κ3) is 2.99. The monoisotopic (exact) mass is 183 g/mol. The maximum atomic E-state index is 7.31. The molecule has 0 amide bonds. The first-order valence-corrected chi connectivity index (χ1v) is 5.27. The highest BCUT2D eigenvalue weighted by atomic mass is 15.2. The van der Waals surface area contributed by atoms with E-state index in [1.165, 1.54) is 12.8 Å². The lowest BCUT2D eigenvalue weighted by molar-refractivity contribution is 0.195. The first-order valence-electron chi connectivity index (χ1n) is 5.27. The van der Waals surface area contributed by atoms with Gasteiger partial charge in [0.15, 0.2) is 0 Å². The zero-order valence-corrected chi connectivity index (χ0v) is 8.71. The normalized spacial score (nSPS) is 19.0. The fourth-order valence-corrected chi connectivity index (χ4v) is 1.97. The van der Waals surface area contributed by atoms with E-state index in [4.69, 9.17) is 11.1 Å². The van der Waals surface area contributed by atoms with Gasteiger partial charge in [0.25, 0.3) is 0 Å². The lowest BCUT2D eigenvalue weighted by Gasteiger charge is -2.29. The Morgan fingerprint density at radius 1 is 1.54 bits per heavy atom. The van der Waals surface area contributed by atoms with E-state index in [9.17, 15) is 0 Å². The summed E-state index contributed by atoms with van der Waals surface area (Å²) < 4.78 is 0. The van der Waals surface area contributed by atoms with Gasteiger partial charge in [-0.15, -0.1) is 0 Å². The molecule has 76 valence electrons. The molecule has 1 aliphatic rings. The quantitative estimate of drug-likeness (QED) is 0.485. The maximum Gasteiger partial charge on any atom is 0.0921 e. The van der Waals surface area contributed by atoms with Gasteiger partial charge in [-0.2, -0.15) is 0 Å². The Morgan fingerprint density at radius 2 is 2.15 bits per heavy atom. The van der Waals surface area contributed by atoms with Gasteiger partial charge < -0.3 is 5.73 Å². The highest BCUT2D eigenvalue weighted by Gasteiger charge is 2.32. The molecule has 0 aromatic carbocycles. The summed E-state index contributed by atoms with van der Waals surface area (Å²) in [5, 5.41) is 7.31. The molecule has 0 radical (unpaired) electrons. The van der Waals surface area contributed by atoms with Crippen molar-refractivity contribution in [1.82, 2.24) is 4.90 Å². The van der Waals surface area contributed by atoms with Crippen molar-refractivity contribution in [2.24, 2.45) is 5.73 Å². The summed E-state index contributed by atoms with van der Waals surface area (Å²) >= 11 is 0. The molecule has 0 aromatic heterocycles. The van der Waals surface area contributed by atoms with E-state index in [1.54, 1.807) is 0 Å². The molecule has 1 aliphatic carbocycles. The van der Waals surface area contributed by atoms with E-state index < -0.39 is 0 Å². The van der Waals surface area contributed by atoms with Gasteiger partial charge >= 0.3 is 0 Å². The van der Waals surface area contributed by atoms with Gasteiger partial charge in [0.05, 0.1) is 5.84 Å². The van der Waals surface area contributed by atoms with E-state index in [0.29, 0.717) is 11.9 Å². The number of nitrogens with two attached hydrogens (primary N) is 1. The summed E-state index contributed by atoms with van der Waals surface area (Å²) in [4.78, 5) is 2.50. The van der Waals surface area contributed by atoms with Gasteiger partial charge in [-0.3, -0.25) is 10.3 Å². The van der Waals surface area contributed by atoms with Crippen LogP contribution in [0.3, 0.4) is 0 Å². The molecule has 13 heavy (non-hydrogen) atoms. The minimum atomic E-state index is 0.325. The van der Waals surface area contributed by atoms with E-state index in [-0.39, 0.29) is 0 Å². The van der Waals surface area contributed by atoms with Crippen LogP contribution in [0.1, 0.15) is 39.5 Å². The molecule has 0 aliphatic heterocycles. The van der Waals surface area contributed by atoms with Crippen LogP contribution >= 0.6 is 0 Å². The Labute approximate surface area is 80.8 Å². The molecular formula is C10H21N3. The van der Waals surface area contributed by atoms with Crippen LogP contribution < -0.4 is 5.73 Å². The smallest absolute Gasteiger partial charge is 0.0921 e. The molecule has 1 rings (SSSR count). The Kier molecular flexibility index (Phi) is 3.72. The fourth-order valence-electron chi connectivity index (χ4n) is 1.97. The van der Waals surface area contributed by atoms with Crippen LogP contribution in [0.25, 0.3) is 0 Å². The van der Waals surface area contributed by atoms with Crippen LogP contribution in [-0.2, 0) is 0 Å². The first kappa shape index (κ1) is 10.5. The van der Waals surface area contributed by atoms with Crippen molar-refractivity contribution >= 4 is 5.84 Å². The molecule has 1 unspecified atom stereocenters. The van der Waals surface area contributed by atoms with Gasteiger partial charge in [0.1, 0.15) is 0 Å². The van der Waals surface area contributed by atoms with Crippen molar-refractivity contribution in [3.63, 3.8) is 0 Å². The van der Waals surface area contributed by atoms with Crippen LogP contribution in [0.4, 0.5) is 0 Å². The van der Waals surface area contributed by atoms with Gasteiger partial charge in [-0.1, -0.05) is 13.8 Å². The number of nitrogens with one attached hydrogen (secondary N) is 1. The van der Waals surface area contributed by atoms with Gasteiger partial charge in [0, 0.05) is 18.5 Å². The standard InChI is InChI=1S/C10H21N3/c1-3-8(7-10(11)12)13(4-2)9-5-6-9/h8-9H,3-7H2,1-2H3,(H3,11,12). The van der Waals surface area contributed by atoms with Crippen molar-refractivity contribution in [3.05, 3.63) is 0 Å². The first-order chi connectivity index (χ1) is 6.19. The summed E-state index contributed by atoms with van der Waals surface area (Å²) in [5.41, 5.74) is 5.44. The molecule has 0 bridgehead atoms. The largest absolute Gasteiger partial charge is 0.388 e. The molecule has 0 aromatic rings. The molecule has 1 fully saturated rings. The minimum absolute atomic E-state index is 0.325. The summed E-state index contributed by atoms with van der Waals surface area (Å²) in [6, 6.07) is 1.28. The number of nitrogens with zero attached hydrogens (tertiary/aromatic N) is 1. The number of rotatable bonds is 6. The average Bonchev–Trinajstić information content (AvgIpc) is 2.87. The predicted molar refractivity (Wildman–Crippen MR) is 56.0 cm³/mol. The number of hydrogen-bond donors (Lipinski definition) is 2. The van der Waals surface area contributed by atoms with Crippen LogP contribution in [-0.4, -0.2) is 29.4 Å². The molecule has 1 saturated carbocycles. The van der Waals surface area contributed by atoms with Gasteiger partial charge in [-0.25, -0.2) is 0 Å². The SMILES string of the molecule is CCC(CC(=N)N)N(CC)C1CC1. The fraction of sp³-hybridized carbons (Fsp3) is 0.900. The summed E-state index contributed by atoms with van der Waals surface area (Å²) in [6.45, 7) is 5.47. The molecule has 3 nitrogen and oxygen atoms in total. The molecule has 0 saturated heterocycles. The van der Waals surface area contributed by atoms with E-state index in [0.717, 1.165) is 25.4 Å². The Morgan fingerprint density at radius 3 is 2.46 bits per heavy atom. The summed E-state index contributed by atoms with van der Waals surface area (Å²) in [6.07, 6.45) is 4.51. The zero-order valence-electron chi connectivity index (χ0n) is 8.71. The lowest BCUT2D eigenvalue weighted by atomic mass is 10.1. The lowest BCUT2D eigenvalue weighted by Crippen LogP contribution is -2.39. The highest BCUT2D eigenvalue weighted by Crippen LogP contribution is 2.29. The minimum Gasteiger partial charge on any atom is -0.388 e. The summed E-state index contributed by atoms with van der Waals surface area (Å²) in [5.74, 6) is 0.325. The third-order valence-electron chi connectivity index (χ3n) is 2.78. The molecule has 3 N–H and O–H groups in total. The number of amidine groups is 1. The number of hydrogen-bond acceptors (Lipinski definition) is 2. The van der Waals surface area contributed by atoms with Crippen molar-refractivity contribution in [1.29, 1.82) is 5.41 Å². The predicted octanol–water partition coefficient (Wildman–Crippen LogP) is 1.58. The van der Waals surface area contributed by atoms with Crippen LogP contribution in [0, 0.1) is 5.41 Å². The highest BCUT2D eigenvalue weighted by molar-refractivity contribution is 5.77. The Bertz CT molecular complexity index is 175. The van der Waals surface area contributed by atoms with E-state index >= 15 is 0 Å². The van der Waals surface area contributed by atoms with Crippen molar-refractivity contribution in [3.8, 4) is 0 Å². The molecule has 1 atom stereocenters. The Balaban J connectivity index is 2.45. The zero-order chi connectivity index (χ0) is 9.84. The molecule has 0 spiro atoms. The van der Waals surface area contributed by atoms with Gasteiger partial charge in [0.2, 0.25) is 0 Å². The second-order valence-electron chi connectivity index (χ2n) is 3.85. The van der Waals surface area contributed by atoms with Crippen molar-refractivity contribution in [2.45, 2.75) is 51.6 Å². The Hall–Kier alpha value is -0.570. The van der Waals surface area contributed by atoms with Crippen molar-refractivity contribution in [2.75, 3.05) is 6.54 Å². The van der Waals surface area contributed by atoms with Crippen molar-refractivity contribution < 1.29 is 0 Å². The average molecular weight is 183 g/mol. The molecule has 3 heteroatoms. The topological polar surface area (TPSA) is 53.1 Å². The second-order valence-corrected chi connectivity index (χ2v) is 3.85. The van der Waals surface area contributed by atoms with E-state index in [2.05, 4.69) is 18.7 Å². The molecular weight excluding hydrogens is 162 g/mol. The van der Waals surface area contributed by atoms with Crippen LogP contribution in [0.15, 0.2) is 0 Å². The van der Waals surface area contributed by atoms with E-state index in [1.807, 2.05) is 0 Å².